The molecule has 5 heteroatoms. The normalized spacial score (nSPS) is 19.2. The Morgan fingerprint density at radius 1 is 0.952 bits per heavy atom. The maximum atomic E-state index is 6.05. The molecule has 2 aliphatic rings. The van der Waals surface area contributed by atoms with Gasteiger partial charge in [0.1, 0.15) is 25.1 Å². The zero-order chi connectivity index (χ0) is 14.2. The lowest BCUT2D eigenvalue weighted by Crippen LogP contribution is -2.24. The topological polar surface area (TPSA) is 39.7 Å². The zero-order valence-corrected chi connectivity index (χ0v) is 12.0. The van der Waals surface area contributed by atoms with E-state index in [2.05, 4.69) is 5.32 Å². The summed E-state index contributed by atoms with van der Waals surface area (Å²) in [6.45, 7) is 1.88. The van der Waals surface area contributed by atoms with Crippen LogP contribution in [0.2, 0.25) is 5.02 Å². The smallest absolute Gasteiger partial charge is 0.161 e. The summed E-state index contributed by atoms with van der Waals surface area (Å²) in [5.41, 5.74) is 2.02. The van der Waals surface area contributed by atoms with Gasteiger partial charge in [0.15, 0.2) is 11.5 Å². The average molecular weight is 304 g/mol. The molecule has 2 aromatic rings. The van der Waals surface area contributed by atoms with Crippen LogP contribution in [0.5, 0.6) is 17.2 Å². The molecule has 0 radical (unpaired) electrons. The number of benzene rings is 2. The Kier molecular flexibility index (Phi) is 3.04. The molecule has 0 fully saturated rings. The molecule has 0 aliphatic carbocycles. The van der Waals surface area contributed by atoms with E-state index in [9.17, 15) is 0 Å². The van der Waals surface area contributed by atoms with Crippen molar-refractivity contribution in [2.24, 2.45) is 0 Å². The second-order valence-electron chi connectivity index (χ2n) is 5.03. The Morgan fingerprint density at radius 2 is 1.81 bits per heavy atom. The molecule has 1 N–H and O–H groups in total. The fourth-order valence-corrected chi connectivity index (χ4v) is 2.75. The molecule has 21 heavy (non-hydrogen) atoms. The molecular weight excluding hydrogens is 290 g/mol. The van der Waals surface area contributed by atoms with Gasteiger partial charge in [0.2, 0.25) is 0 Å². The number of fused-ring (bicyclic) bond motifs is 2. The molecule has 2 aromatic carbocycles. The van der Waals surface area contributed by atoms with Gasteiger partial charge in [-0.2, -0.15) is 0 Å². The third-order valence-electron chi connectivity index (χ3n) is 3.63. The lowest BCUT2D eigenvalue weighted by molar-refractivity contribution is 0.169. The van der Waals surface area contributed by atoms with E-state index in [-0.39, 0.29) is 6.10 Å². The van der Waals surface area contributed by atoms with Crippen LogP contribution in [0.25, 0.3) is 0 Å². The number of hydrogen-bond acceptors (Lipinski definition) is 4. The lowest BCUT2D eigenvalue weighted by atomic mass is 10.1. The van der Waals surface area contributed by atoms with Crippen molar-refractivity contribution in [2.45, 2.75) is 6.10 Å². The standard InChI is InChI=1S/C16H14ClNO3/c17-11-2-3-12-14(8-11)21-16(9-18-12)10-1-4-13-15(7-10)20-6-5-19-13/h1-4,7-8,16,18H,5-6,9H2. The van der Waals surface area contributed by atoms with Crippen LogP contribution in [0.4, 0.5) is 5.69 Å². The van der Waals surface area contributed by atoms with Crippen molar-refractivity contribution in [2.75, 3.05) is 25.1 Å². The Labute approximate surface area is 127 Å². The van der Waals surface area contributed by atoms with Gasteiger partial charge >= 0.3 is 0 Å². The van der Waals surface area contributed by atoms with Crippen molar-refractivity contribution in [3.05, 3.63) is 47.0 Å². The fraction of sp³-hybridized carbons (Fsp3) is 0.250. The van der Waals surface area contributed by atoms with E-state index < -0.39 is 0 Å². The monoisotopic (exact) mass is 303 g/mol. The van der Waals surface area contributed by atoms with Crippen molar-refractivity contribution < 1.29 is 14.2 Å². The van der Waals surface area contributed by atoms with Crippen LogP contribution in [0.15, 0.2) is 36.4 Å². The van der Waals surface area contributed by atoms with Gasteiger partial charge in [-0.15, -0.1) is 0 Å². The van der Waals surface area contributed by atoms with Gasteiger partial charge in [-0.25, -0.2) is 0 Å². The molecule has 0 bridgehead atoms. The van der Waals surface area contributed by atoms with E-state index >= 15 is 0 Å². The summed E-state index contributed by atoms with van der Waals surface area (Å²) < 4.78 is 17.2. The number of ether oxygens (including phenoxy) is 3. The Morgan fingerprint density at radius 3 is 2.71 bits per heavy atom. The molecule has 108 valence electrons. The Balaban J connectivity index is 1.63. The van der Waals surface area contributed by atoms with Crippen molar-refractivity contribution in [3.63, 3.8) is 0 Å². The van der Waals surface area contributed by atoms with E-state index in [1.807, 2.05) is 36.4 Å². The van der Waals surface area contributed by atoms with Crippen LogP contribution < -0.4 is 19.5 Å². The first kappa shape index (κ1) is 12.7. The summed E-state index contributed by atoms with van der Waals surface area (Å²) in [6.07, 6.45) is -0.0770. The summed E-state index contributed by atoms with van der Waals surface area (Å²) in [5.74, 6) is 2.34. The molecule has 1 atom stereocenters. The van der Waals surface area contributed by atoms with Gasteiger partial charge in [-0.05, 0) is 29.8 Å². The molecule has 0 saturated carbocycles. The van der Waals surface area contributed by atoms with Gasteiger partial charge in [0.05, 0.1) is 12.2 Å². The summed E-state index contributed by atoms with van der Waals surface area (Å²) >= 11 is 6.02. The highest BCUT2D eigenvalue weighted by atomic mass is 35.5. The SMILES string of the molecule is Clc1ccc2c(c1)OC(c1ccc3c(c1)OCCO3)CN2. The minimum atomic E-state index is -0.0770. The maximum absolute atomic E-state index is 6.05. The maximum Gasteiger partial charge on any atom is 0.161 e. The second kappa shape index (κ2) is 5.04. The summed E-state index contributed by atoms with van der Waals surface area (Å²) in [5, 5.41) is 4.03. The molecule has 0 aromatic heterocycles. The molecule has 1 unspecified atom stereocenters. The van der Waals surface area contributed by atoms with Crippen LogP contribution in [0, 0.1) is 0 Å². The molecule has 2 heterocycles. The Hall–Kier alpha value is -2.07. The predicted octanol–water partition coefficient (Wildman–Crippen LogP) is 3.66. The van der Waals surface area contributed by atoms with E-state index in [0.29, 0.717) is 24.8 Å². The molecule has 4 rings (SSSR count). The molecular formula is C16H14ClNO3. The van der Waals surface area contributed by atoms with Gasteiger partial charge < -0.3 is 19.5 Å². The van der Waals surface area contributed by atoms with Crippen molar-refractivity contribution in [3.8, 4) is 17.2 Å². The molecule has 2 aliphatic heterocycles. The van der Waals surface area contributed by atoms with E-state index in [1.165, 1.54) is 0 Å². The summed E-state index contributed by atoms with van der Waals surface area (Å²) in [7, 11) is 0. The van der Waals surface area contributed by atoms with Crippen LogP contribution in [-0.4, -0.2) is 19.8 Å². The third-order valence-corrected chi connectivity index (χ3v) is 3.86. The molecule has 0 spiro atoms. The number of halogens is 1. The van der Waals surface area contributed by atoms with Crippen molar-refractivity contribution in [1.82, 2.24) is 0 Å². The third kappa shape index (κ3) is 2.36. The average Bonchev–Trinajstić information content (AvgIpc) is 2.53. The highest BCUT2D eigenvalue weighted by Crippen LogP contribution is 2.38. The lowest BCUT2D eigenvalue weighted by Gasteiger charge is -2.28. The highest BCUT2D eigenvalue weighted by molar-refractivity contribution is 6.30. The van der Waals surface area contributed by atoms with Gasteiger partial charge in [0, 0.05) is 11.1 Å². The highest BCUT2D eigenvalue weighted by Gasteiger charge is 2.23. The predicted molar refractivity (Wildman–Crippen MR) is 80.7 cm³/mol. The first-order chi connectivity index (χ1) is 10.3. The summed E-state index contributed by atoms with van der Waals surface area (Å²) in [6, 6.07) is 11.5. The van der Waals surface area contributed by atoms with Gasteiger partial charge in [0.25, 0.3) is 0 Å². The van der Waals surface area contributed by atoms with Crippen LogP contribution >= 0.6 is 11.6 Å². The number of hydrogen-bond donors (Lipinski definition) is 1. The number of rotatable bonds is 1. The van der Waals surface area contributed by atoms with Crippen LogP contribution in [0.3, 0.4) is 0 Å². The number of anilines is 1. The zero-order valence-electron chi connectivity index (χ0n) is 11.3. The van der Waals surface area contributed by atoms with Crippen LogP contribution in [0.1, 0.15) is 11.7 Å². The Bertz CT molecular complexity index is 689. The van der Waals surface area contributed by atoms with Crippen molar-refractivity contribution >= 4 is 17.3 Å². The van der Waals surface area contributed by atoms with E-state index in [1.54, 1.807) is 0 Å². The van der Waals surface area contributed by atoms with E-state index in [4.69, 9.17) is 25.8 Å². The second-order valence-corrected chi connectivity index (χ2v) is 5.47. The first-order valence-electron chi connectivity index (χ1n) is 6.89. The van der Waals surface area contributed by atoms with Crippen LogP contribution in [-0.2, 0) is 0 Å². The quantitative estimate of drug-likeness (QED) is 0.873. The minimum Gasteiger partial charge on any atom is -0.486 e. The molecule has 4 nitrogen and oxygen atoms in total. The first-order valence-corrected chi connectivity index (χ1v) is 7.27. The molecule has 0 amide bonds. The van der Waals surface area contributed by atoms with Crippen molar-refractivity contribution in [1.29, 1.82) is 0 Å². The van der Waals surface area contributed by atoms with Gasteiger partial charge in [-0.1, -0.05) is 17.7 Å². The fourth-order valence-electron chi connectivity index (χ4n) is 2.58. The number of nitrogens with one attached hydrogen (secondary N) is 1. The largest absolute Gasteiger partial charge is 0.486 e. The van der Waals surface area contributed by atoms with E-state index in [0.717, 1.165) is 28.5 Å². The van der Waals surface area contributed by atoms with Gasteiger partial charge in [-0.3, -0.25) is 0 Å². The summed E-state index contributed by atoms with van der Waals surface area (Å²) in [4.78, 5) is 0. The minimum absolute atomic E-state index is 0.0770. The molecule has 0 saturated heterocycles.